The van der Waals surface area contributed by atoms with Gasteiger partial charge in [0, 0.05) is 33.8 Å². The molecule has 5 rings (SSSR count). The molecule has 0 unspecified atom stereocenters. The summed E-state index contributed by atoms with van der Waals surface area (Å²) in [7, 11) is 0. The molecule has 0 fully saturated rings. The Balaban J connectivity index is 1.48. The molecule has 0 radical (unpaired) electrons. The normalized spacial score (nSPS) is 14.1. The lowest BCUT2D eigenvalue weighted by molar-refractivity contribution is 0.670. The molecule has 4 heterocycles. The van der Waals surface area contributed by atoms with E-state index >= 15 is 0 Å². The maximum atomic E-state index is 12.7. The average Bonchev–Trinajstić information content (AvgIpc) is 3.21. The van der Waals surface area contributed by atoms with E-state index in [1.54, 1.807) is 21.8 Å². The van der Waals surface area contributed by atoms with Crippen LogP contribution in [0.5, 0.6) is 0 Å². The number of rotatable bonds is 3. The van der Waals surface area contributed by atoms with Gasteiger partial charge in [-0.2, -0.15) is 0 Å². The van der Waals surface area contributed by atoms with Crippen LogP contribution in [0.2, 0.25) is 0 Å². The van der Waals surface area contributed by atoms with Crippen LogP contribution in [0.4, 0.5) is 0 Å². The van der Waals surface area contributed by atoms with E-state index in [9.17, 15) is 4.79 Å². The molecule has 1 aliphatic carbocycles. The fraction of sp³-hybridized carbons (Fsp3) is 0.389. The van der Waals surface area contributed by atoms with Crippen molar-refractivity contribution >= 4 is 33.8 Å². The van der Waals surface area contributed by atoms with Crippen molar-refractivity contribution < 1.29 is 0 Å². The molecule has 138 valence electrons. The van der Waals surface area contributed by atoms with Gasteiger partial charge >= 0.3 is 0 Å². The Morgan fingerprint density at radius 1 is 1.11 bits per heavy atom. The Hall–Kier alpha value is -2.26. The Morgan fingerprint density at radius 3 is 2.85 bits per heavy atom. The zero-order chi connectivity index (χ0) is 18.5. The predicted molar refractivity (Wildman–Crippen MR) is 106 cm³/mol. The standard InChI is InChI=1S/C18H18N6OS2/c1-10-7-11(2)23-16(19-10)21-22-18(23)26-9-12-8-15(25)24-13-5-3-4-6-14(13)27-17(24)20-12/h7-8H,3-6,9H2,1-2H3. The lowest BCUT2D eigenvalue weighted by Gasteiger charge is -2.10. The van der Waals surface area contributed by atoms with Gasteiger partial charge in [0.25, 0.3) is 11.3 Å². The number of aromatic nitrogens is 6. The van der Waals surface area contributed by atoms with Gasteiger partial charge in [-0.3, -0.25) is 13.6 Å². The molecule has 0 spiro atoms. The fourth-order valence-corrected chi connectivity index (χ4v) is 5.76. The highest BCUT2D eigenvalue weighted by molar-refractivity contribution is 7.98. The van der Waals surface area contributed by atoms with Crippen LogP contribution in [0.25, 0.3) is 10.7 Å². The maximum absolute atomic E-state index is 12.7. The summed E-state index contributed by atoms with van der Waals surface area (Å²) >= 11 is 3.18. The molecule has 0 N–H and O–H groups in total. The molecular formula is C18H18N6OS2. The topological polar surface area (TPSA) is 77.5 Å². The van der Waals surface area contributed by atoms with Gasteiger partial charge in [-0.15, -0.1) is 21.5 Å². The maximum Gasteiger partial charge on any atom is 0.259 e. The van der Waals surface area contributed by atoms with E-state index in [0.717, 1.165) is 46.5 Å². The Morgan fingerprint density at radius 2 is 1.96 bits per heavy atom. The smallest absolute Gasteiger partial charge is 0.259 e. The van der Waals surface area contributed by atoms with Gasteiger partial charge < -0.3 is 0 Å². The average molecular weight is 399 g/mol. The highest BCUT2D eigenvalue weighted by Crippen LogP contribution is 2.29. The monoisotopic (exact) mass is 398 g/mol. The molecule has 0 saturated heterocycles. The van der Waals surface area contributed by atoms with Crippen molar-refractivity contribution in [1.29, 1.82) is 0 Å². The van der Waals surface area contributed by atoms with E-state index < -0.39 is 0 Å². The van der Waals surface area contributed by atoms with Crippen LogP contribution in [-0.2, 0) is 18.6 Å². The molecule has 4 aromatic heterocycles. The van der Waals surface area contributed by atoms with Gasteiger partial charge in [-0.25, -0.2) is 9.97 Å². The molecular weight excluding hydrogens is 380 g/mol. The molecule has 0 amide bonds. The number of fused-ring (bicyclic) bond motifs is 4. The minimum Gasteiger partial charge on any atom is -0.269 e. The summed E-state index contributed by atoms with van der Waals surface area (Å²) < 4.78 is 3.74. The zero-order valence-electron chi connectivity index (χ0n) is 15.1. The molecule has 0 atom stereocenters. The third-order valence-electron chi connectivity index (χ3n) is 4.83. The minimum atomic E-state index is 0.0228. The third-order valence-corrected chi connectivity index (χ3v) is 6.93. The van der Waals surface area contributed by atoms with E-state index in [0.29, 0.717) is 11.5 Å². The summed E-state index contributed by atoms with van der Waals surface area (Å²) in [5, 5.41) is 9.18. The minimum absolute atomic E-state index is 0.0228. The Bertz CT molecular complexity index is 1240. The number of hydrogen-bond acceptors (Lipinski definition) is 7. The van der Waals surface area contributed by atoms with E-state index in [1.165, 1.54) is 28.8 Å². The number of thioether (sulfide) groups is 1. The molecule has 4 aromatic rings. The Labute approximate surface area is 163 Å². The summed E-state index contributed by atoms with van der Waals surface area (Å²) in [4.78, 5) is 24.0. The lowest BCUT2D eigenvalue weighted by Crippen LogP contribution is -2.17. The summed E-state index contributed by atoms with van der Waals surface area (Å²) in [6, 6.07) is 3.66. The highest BCUT2D eigenvalue weighted by Gasteiger charge is 2.19. The summed E-state index contributed by atoms with van der Waals surface area (Å²) in [6.07, 6.45) is 4.38. The summed E-state index contributed by atoms with van der Waals surface area (Å²) in [5.74, 6) is 1.17. The molecule has 0 saturated carbocycles. The van der Waals surface area contributed by atoms with Crippen molar-refractivity contribution in [2.75, 3.05) is 0 Å². The van der Waals surface area contributed by atoms with E-state index in [4.69, 9.17) is 4.98 Å². The van der Waals surface area contributed by atoms with Gasteiger partial charge in [-0.05, 0) is 45.6 Å². The summed E-state index contributed by atoms with van der Waals surface area (Å²) in [5.41, 5.74) is 3.93. The third kappa shape index (κ3) is 2.85. The second-order valence-electron chi connectivity index (χ2n) is 6.83. The van der Waals surface area contributed by atoms with Crippen LogP contribution in [0, 0.1) is 13.8 Å². The SMILES string of the molecule is Cc1cc(C)n2c(SCc3cc(=O)n4c5c(sc4n3)CCCC5)nnc2n1. The number of nitrogens with zero attached hydrogens (tertiary/aromatic N) is 6. The van der Waals surface area contributed by atoms with Crippen LogP contribution < -0.4 is 5.56 Å². The first-order chi connectivity index (χ1) is 13.1. The van der Waals surface area contributed by atoms with Crippen LogP contribution >= 0.6 is 23.1 Å². The molecule has 9 heteroatoms. The molecule has 27 heavy (non-hydrogen) atoms. The molecule has 7 nitrogen and oxygen atoms in total. The Kier molecular flexibility index (Phi) is 4.01. The number of hydrogen-bond donors (Lipinski definition) is 0. The summed E-state index contributed by atoms with van der Waals surface area (Å²) in [6.45, 7) is 3.96. The number of thiazole rings is 1. The first-order valence-corrected chi connectivity index (χ1v) is 10.8. The van der Waals surface area contributed by atoms with Gasteiger partial charge in [0.05, 0.1) is 5.69 Å². The molecule has 0 aromatic carbocycles. The van der Waals surface area contributed by atoms with Crippen molar-refractivity contribution in [2.45, 2.75) is 50.4 Å². The second-order valence-corrected chi connectivity index (χ2v) is 8.83. The quantitative estimate of drug-likeness (QED) is 0.494. The van der Waals surface area contributed by atoms with Gasteiger partial charge in [0.15, 0.2) is 10.1 Å². The van der Waals surface area contributed by atoms with Crippen LogP contribution in [0.3, 0.4) is 0 Å². The second kappa shape index (κ2) is 6.42. The fourth-order valence-electron chi connectivity index (χ4n) is 3.65. The van der Waals surface area contributed by atoms with Crippen molar-refractivity contribution in [3.63, 3.8) is 0 Å². The van der Waals surface area contributed by atoms with Crippen molar-refractivity contribution in [3.8, 4) is 0 Å². The highest BCUT2D eigenvalue weighted by atomic mass is 32.2. The van der Waals surface area contributed by atoms with Gasteiger partial charge in [-0.1, -0.05) is 11.8 Å². The first-order valence-electron chi connectivity index (χ1n) is 8.95. The van der Waals surface area contributed by atoms with Crippen LogP contribution in [-0.4, -0.2) is 29.0 Å². The first kappa shape index (κ1) is 16.9. The largest absolute Gasteiger partial charge is 0.269 e. The molecule has 1 aliphatic rings. The van der Waals surface area contributed by atoms with Crippen LogP contribution in [0.1, 0.15) is 40.5 Å². The van der Waals surface area contributed by atoms with Crippen molar-refractivity contribution in [3.05, 3.63) is 50.1 Å². The predicted octanol–water partition coefficient (Wildman–Crippen LogP) is 2.98. The van der Waals surface area contributed by atoms with E-state index in [1.807, 2.05) is 24.3 Å². The van der Waals surface area contributed by atoms with E-state index in [2.05, 4.69) is 15.2 Å². The zero-order valence-corrected chi connectivity index (χ0v) is 16.7. The lowest BCUT2D eigenvalue weighted by atomic mass is 10.0. The number of aryl methyl sites for hydroxylation is 4. The van der Waals surface area contributed by atoms with E-state index in [-0.39, 0.29) is 5.56 Å². The van der Waals surface area contributed by atoms with Gasteiger partial charge in [0.1, 0.15) is 0 Å². The van der Waals surface area contributed by atoms with Crippen molar-refractivity contribution in [1.82, 2.24) is 29.0 Å². The van der Waals surface area contributed by atoms with Crippen LogP contribution in [0.15, 0.2) is 22.1 Å². The van der Waals surface area contributed by atoms with Gasteiger partial charge in [0.2, 0.25) is 0 Å². The molecule has 0 bridgehead atoms. The molecule has 0 aliphatic heterocycles. The van der Waals surface area contributed by atoms with Crippen molar-refractivity contribution in [2.24, 2.45) is 0 Å².